The van der Waals surface area contributed by atoms with Crippen LogP contribution in [0, 0.1) is 11.3 Å². The first-order chi connectivity index (χ1) is 10.8. The highest BCUT2D eigenvalue weighted by Gasteiger charge is 2.39. The fourth-order valence-electron chi connectivity index (χ4n) is 2.62. The number of aryl methyl sites for hydroxylation is 1. The van der Waals surface area contributed by atoms with E-state index in [2.05, 4.69) is 10.1 Å². The molecule has 1 saturated heterocycles. The zero-order chi connectivity index (χ0) is 16.8. The van der Waals surface area contributed by atoms with Crippen LogP contribution in [0.5, 0.6) is 0 Å². The lowest BCUT2D eigenvalue weighted by Crippen LogP contribution is -2.50. The predicted molar refractivity (Wildman–Crippen MR) is 82.0 cm³/mol. The average Bonchev–Trinajstić information content (AvgIpc) is 3.03. The van der Waals surface area contributed by atoms with Crippen LogP contribution >= 0.6 is 0 Å². The van der Waals surface area contributed by atoms with E-state index in [0.29, 0.717) is 18.7 Å². The molecule has 3 rings (SSSR count). The van der Waals surface area contributed by atoms with E-state index < -0.39 is 10.0 Å². The van der Waals surface area contributed by atoms with E-state index in [-0.39, 0.29) is 17.0 Å². The van der Waals surface area contributed by atoms with E-state index in [0.717, 1.165) is 5.82 Å². The molecule has 0 radical (unpaired) electrons. The Kier molecular flexibility index (Phi) is 3.74. The van der Waals surface area contributed by atoms with Crippen LogP contribution in [0.25, 0.3) is 0 Å². The molecule has 9 heteroatoms. The minimum absolute atomic E-state index is 0.0415. The summed E-state index contributed by atoms with van der Waals surface area (Å²) in [6, 6.07) is 1.97. The van der Waals surface area contributed by atoms with Crippen molar-refractivity contribution in [2.24, 2.45) is 7.05 Å². The number of imidazole rings is 1. The second kappa shape index (κ2) is 5.47. The molecule has 1 fully saturated rings. The fraction of sp³-hybridized carbons (Fsp3) is 0.500. The molecule has 0 spiro atoms. The molecule has 0 aliphatic carbocycles. The summed E-state index contributed by atoms with van der Waals surface area (Å²) in [7, 11) is -1.78. The Morgan fingerprint density at radius 1 is 1.35 bits per heavy atom. The first-order valence-corrected chi connectivity index (χ1v) is 8.74. The number of hydrogen-bond acceptors (Lipinski definition) is 5. The number of rotatable bonds is 4. The molecule has 122 valence electrons. The van der Waals surface area contributed by atoms with Crippen molar-refractivity contribution >= 4 is 10.0 Å². The van der Waals surface area contributed by atoms with Gasteiger partial charge in [-0.2, -0.15) is 14.7 Å². The zero-order valence-corrected chi connectivity index (χ0v) is 14.0. The molecule has 0 N–H and O–H groups in total. The number of nitriles is 1. The molecule has 3 heterocycles. The molecule has 8 nitrogen and oxygen atoms in total. The molecule has 0 amide bonds. The molecule has 0 atom stereocenters. The highest BCUT2D eigenvalue weighted by Crippen LogP contribution is 2.28. The smallest absolute Gasteiger partial charge is 0.262 e. The molecular weight excluding hydrogens is 316 g/mol. The standard InChI is InChI=1S/C14H18N6O2S/c1-10(2)14-17-13(9-18(14)3)23(21,22)19-7-12(8-19)20-6-11(4-15)5-16-20/h5-6,9-10,12H,7-8H2,1-3H3. The summed E-state index contributed by atoms with van der Waals surface area (Å²) in [6.45, 7) is 4.62. The fourth-order valence-corrected chi connectivity index (χ4v) is 4.12. The van der Waals surface area contributed by atoms with Gasteiger partial charge in [-0.3, -0.25) is 4.68 Å². The quantitative estimate of drug-likeness (QED) is 0.826. The highest BCUT2D eigenvalue weighted by molar-refractivity contribution is 7.89. The summed E-state index contributed by atoms with van der Waals surface area (Å²) in [5.74, 6) is 0.896. The minimum Gasteiger partial charge on any atom is -0.336 e. The number of sulfonamides is 1. The van der Waals surface area contributed by atoms with Gasteiger partial charge in [0.15, 0.2) is 5.03 Å². The van der Waals surface area contributed by atoms with E-state index in [4.69, 9.17) is 5.26 Å². The van der Waals surface area contributed by atoms with Gasteiger partial charge in [0.25, 0.3) is 10.0 Å². The van der Waals surface area contributed by atoms with E-state index in [9.17, 15) is 8.42 Å². The van der Waals surface area contributed by atoms with Crippen molar-refractivity contribution in [3.8, 4) is 6.07 Å². The molecular formula is C14H18N6O2S. The predicted octanol–water partition coefficient (Wildman–Crippen LogP) is 0.857. The first kappa shape index (κ1) is 15.7. The van der Waals surface area contributed by atoms with Crippen LogP contribution < -0.4 is 0 Å². The Balaban J connectivity index is 1.75. The van der Waals surface area contributed by atoms with Gasteiger partial charge in [0.2, 0.25) is 0 Å². The summed E-state index contributed by atoms with van der Waals surface area (Å²) >= 11 is 0. The van der Waals surface area contributed by atoms with E-state index >= 15 is 0 Å². The lowest BCUT2D eigenvalue weighted by molar-refractivity contribution is 0.191. The molecule has 0 saturated carbocycles. The van der Waals surface area contributed by atoms with Crippen molar-refractivity contribution in [1.29, 1.82) is 5.26 Å². The van der Waals surface area contributed by atoms with Crippen molar-refractivity contribution in [3.63, 3.8) is 0 Å². The maximum atomic E-state index is 12.6. The summed E-state index contributed by atoms with van der Waals surface area (Å²) in [5.41, 5.74) is 0.470. The van der Waals surface area contributed by atoms with Gasteiger partial charge in [-0.05, 0) is 0 Å². The molecule has 0 unspecified atom stereocenters. The number of aromatic nitrogens is 4. The van der Waals surface area contributed by atoms with Crippen molar-refractivity contribution < 1.29 is 8.42 Å². The van der Waals surface area contributed by atoms with Crippen molar-refractivity contribution in [2.75, 3.05) is 13.1 Å². The second-order valence-electron chi connectivity index (χ2n) is 6.00. The Morgan fingerprint density at radius 2 is 2.04 bits per heavy atom. The molecule has 23 heavy (non-hydrogen) atoms. The van der Waals surface area contributed by atoms with Crippen LogP contribution in [-0.4, -0.2) is 45.1 Å². The molecule has 2 aromatic heterocycles. The maximum Gasteiger partial charge on any atom is 0.262 e. The minimum atomic E-state index is -3.58. The lowest BCUT2D eigenvalue weighted by atomic mass is 10.2. The van der Waals surface area contributed by atoms with Crippen LogP contribution in [0.3, 0.4) is 0 Å². The molecule has 1 aliphatic heterocycles. The van der Waals surface area contributed by atoms with Crippen LogP contribution in [0.15, 0.2) is 23.6 Å². The summed E-state index contributed by atoms with van der Waals surface area (Å²) < 4.78 is 30.0. The average molecular weight is 334 g/mol. The number of nitrogens with zero attached hydrogens (tertiary/aromatic N) is 6. The van der Waals surface area contributed by atoms with Gasteiger partial charge in [-0.1, -0.05) is 13.8 Å². The largest absolute Gasteiger partial charge is 0.336 e. The first-order valence-electron chi connectivity index (χ1n) is 7.30. The molecule has 2 aromatic rings. The van der Waals surface area contributed by atoms with E-state index in [1.165, 1.54) is 10.5 Å². The third-order valence-corrected chi connectivity index (χ3v) is 5.65. The van der Waals surface area contributed by atoms with Crippen molar-refractivity contribution in [3.05, 3.63) is 30.0 Å². The Labute approximate surface area is 135 Å². The SMILES string of the molecule is CC(C)c1nc(S(=O)(=O)N2CC(n3cc(C#N)cn3)C2)cn1C. The van der Waals surface area contributed by atoms with Crippen LogP contribution in [0.1, 0.15) is 37.2 Å². The molecule has 0 bridgehead atoms. The Bertz CT molecular complexity index is 867. The van der Waals surface area contributed by atoms with Gasteiger partial charge in [0.05, 0.1) is 17.8 Å². The van der Waals surface area contributed by atoms with Crippen LogP contribution in [0.4, 0.5) is 0 Å². The molecule has 1 aliphatic rings. The van der Waals surface area contributed by atoms with Crippen molar-refractivity contribution in [1.82, 2.24) is 23.6 Å². The third-order valence-electron chi connectivity index (χ3n) is 3.94. The normalized spacial score (nSPS) is 16.5. The highest BCUT2D eigenvalue weighted by atomic mass is 32.2. The summed E-state index contributed by atoms with van der Waals surface area (Å²) in [5, 5.41) is 13.0. The summed E-state index contributed by atoms with van der Waals surface area (Å²) in [4.78, 5) is 4.27. The maximum absolute atomic E-state index is 12.6. The Hall–Kier alpha value is -2.18. The molecule has 0 aromatic carbocycles. The Morgan fingerprint density at radius 3 is 2.57 bits per heavy atom. The van der Waals surface area contributed by atoms with Gasteiger partial charge in [0.1, 0.15) is 11.9 Å². The topological polar surface area (TPSA) is 96.8 Å². The van der Waals surface area contributed by atoms with Gasteiger partial charge < -0.3 is 4.57 Å². The third kappa shape index (κ3) is 2.64. The van der Waals surface area contributed by atoms with Crippen molar-refractivity contribution in [2.45, 2.75) is 30.8 Å². The van der Waals surface area contributed by atoms with Crippen LogP contribution in [-0.2, 0) is 17.1 Å². The lowest BCUT2D eigenvalue weighted by Gasteiger charge is -2.37. The zero-order valence-electron chi connectivity index (χ0n) is 13.2. The summed E-state index contributed by atoms with van der Waals surface area (Å²) in [6.07, 6.45) is 4.66. The van der Waals surface area contributed by atoms with Gasteiger partial charge in [-0.15, -0.1) is 0 Å². The van der Waals surface area contributed by atoms with E-state index in [1.54, 1.807) is 28.7 Å². The monoisotopic (exact) mass is 334 g/mol. The van der Waals surface area contributed by atoms with Gasteiger partial charge >= 0.3 is 0 Å². The van der Waals surface area contributed by atoms with Crippen LogP contribution in [0.2, 0.25) is 0 Å². The van der Waals surface area contributed by atoms with Gasteiger partial charge in [0, 0.05) is 38.4 Å². The second-order valence-corrected chi connectivity index (χ2v) is 7.88. The van der Waals surface area contributed by atoms with Gasteiger partial charge in [-0.25, -0.2) is 13.4 Å². The van der Waals surface area contributed by atoms with E-state index in [1.807, 2.05) is 19.9 Å². The number of hydrogen-bond donors (Lipinski definition) is 0.